The molecule has 0 radical (unpaired) electrons. The predicted octanol–water partition coefficient (Wildman–Crippen LogP) is 2.34. The van der Waals surface area contributed by atoms with Crippen molar-refractivity contribution in [2.75, 3.05) is 37.7 Å². The Balaban J connectivity index is 1.90. The maximum Gasteiger partial charge on any atom is 0.339 e. The van der Waals surface area contributed by atoms with Crippen LogP contribution in [0.25, 0.3) is 0 Å². The van der Waals surface area contributed by atoms with Crippen LogP contribution in [-0.2, 0) is 9.53 Å². The van der Waals surface area contributed by atoms with Crippen molar-refractivity contribution in [1.29, 1.82) is 0 Å². The zero-order valence-corrected chi connectivity index (χ0v) is 15.0. The van der Waals surface area contributed by atoms with Crippen LogP contribution in [0, 0.1) is 5.41 Å². The molecule has 1 aliphatic heterocycles. The van der Waals surface area contributed by atoms with Crippen LogP contribution in [0.1, 0.15) is 44.5 Å². The van der Waals surface area contributed by atoms with Crippen molar-refractivity contribution in [3.63, 3.8) is 0 Å². The van der Waals surface area contributed by atoms with Gasteiger partial charge in [-0.2, -0.15) is 0 Å². The largest absolute Gasteiger partial charge is 0.462 e. The first kappa shape index (κ1) is 18.2. The summed E-state index contributed by atoms with van der Waals surface area (Å²) < 4.78 is 4.96. The molecule has 1 fully saturated rings. The highest BCUT2D eigenvalue weighted by Crippen LogP contribution is 2.21. The molecule has 1 amide bonds. The summed E-state index contributed by atoms with van der Waals surface area (Å²) in [4.78, 5) is 32.3. The molecular formula is C18H27N3O3. The minimum Gasteiger partial charge on any atom is -0.462 e. The molecule has 2 rings (SSSR count). The molecule has 1 aromatic heterocycles. The number of esters is 1. The molecule has 2 heterocycles. The first-order valence-electron chi connectivity index (χ1n) is 8.46. The van der Waals surface area contributed by atoms with Crippen LogP contribution in [0.3, 0.4) is 0 Å². The van der Waals surface area contributed by atoms with Crippen LogP contribution < -0.4 is 4.90 Å². The number of carbonyl (C=O) groups is 2. The molecule has 0 N–H and O–H groups in total. The molecule has 0 unspecified atom stereocenters. The Kier molecular flexibility index (Phi) is 5.80. The third kappa shape index (κ3) is 4.94. The number of hydrogen-bond donors (Lipinski definition) is 0. The first-order chi connectivity index (χ1) is 11.3. The van der Waals surface area contributed by atoms with Gasteiger partial charge in [0, 0.05) is 38.8 Å². The fourth-order valence-electron chi connectivity index (χ4n) is 2.66. The number of anilines is 1. The van der Waals surface area contributed by atoms with Crippen molar-refractivity contribution >= 4 is 17.7 Å². The SMILES string of the molecule is CCOC(=O)c1ccc(N2CCN(C(=O)CC(C)(C)C)CC2)nc1. The van der Waals surface area contributed by atoms with Crippen molar-refractivity contribution in [2.45, 2.75) is 34.1 Å². The smallest absolute Gasteiger partial charge is 0.339 e. The standard InChI is InChI=1S/C18H27N3O3/c1-5-24-17(23)14-6-7-15(19-13-14)20-8-10-21(11-9-20)16(22)12-18(2,3)4/h6-7,13H,5,8-12H2,1-4H3. The lowest BCUT2D eigenvalue weighted by molar-refractivity contribution is -0.133. The Bertz CT molecular complexity index is 570. The van der Waals surface area contributed by atoms with Crippen LogP contribution >= 0.6 is 0 Å². The van der Waals surface area contributed by atoms with E-state index < -0.39 is 0 Å². The lowest BCUT2D eigenvalue weighted by Crippen LogP contribution is -2.49. The summed E-state index contributed by atoms with van der Waals surface area (Å²) in [5, 5.41) is 0. The van der Waals surface area contributed by atoms with Crippen molar-refractivity contribution in [3.8, 4) is 0 Å². The van der Waals surface area contributed by atoms with Crippen molar-refractivity contribution in [3.05, 3.63) is 23.9 Å². The Morgan fingerprint density at radius 3 is 2.33 bits per heavy atom. The summed E-state index contributed by atoms with van der Waals surface area (Å²) >= 11 is 0. The average molecular weight is 333 g/mol. The molecule has 0 aromatic carbocycles. The fourth-order valence-corrected chi connectivity index (χ4v) is 2.66. The van der Waals surface area contributed by atoms with Gasteiger partial charge in [-0.1, -0.05) is 20.8 Å². The number of carbonyl (C=O) groups excluding carboxylic acids is 2. The van der Waals surface area contributed by atoms with Crippen molar-refractivity contribution < 1.29 is 14.3 Å². The van der Waals surface area contributed by atoms with E-state index in [9.17, 15) is 9.59 Å². The number of ether oxygens (including phenoxy) is 1. The van der Waals surface area contributed by atoms with Crippen LogP contribution in [0.4, 0.5) is 5.82 Å². The molecular weight excluding hydrogens is 306 g/mol. The number of aromatic nitrogens is 1. The quantitative estimate of drug-likeness (QED) is 0.792. The molecule has 24 heavy (non-hydrogen) atoms. The summed E-state index contributed by atoms with van der Waals surface area (Å²) in [7, 11) is 0. The second-order valence-electron chi connectivity index (χ2n) is 7.23. The van der Waals surface area contributed by atoms with Crippen molar-refractivity contribution in [1.82, 2.24) is 9.88 Å². The summed E-state index contributed by atoms with van der Waals surface area (Å²) in [5.74, 6) is 0.688. The molecule has 1 aromatic rings. The van der Waals surface area contributed by atoms with E-state index >= 15 is 0 Å². The number of piperazine rings is 1. The summed E-state index contributed by atoms with van der Waals surface area (Å²) in [6.45, 7) is 11.3. The van der Waals surface area contributed by atoms with Gasteiger partial charge < -0.3 is 14.5 Å². The highest BCUT2D eigenvalue weighted by atomic mass is 16.5. The van der Waals surface area contributed by atoms with Crippen molar-refractivity contribution in [2.24, 2.45) is 5.41 Å². The average Bonchev–Trinajstić information content (AvgIpc) is 2.54. The van der Waals surface area contributed by atoms with E-state index in [1.807, 2.05) is 11.0 Å². The van der Waals surface area contributed by atoms with E-state index in [0.717, 1.165) is 18.9 Å². The first-order valence-corrected chi connectivity index (χ1v) is 8.46. The predicted molar refractivity (Wildman–Crippen MR) is 93.1 cm³/mol. The lowest BCUT2D eigenvalue weighted by atomic mass is 9.91. The highest BCUT2D eigenvalue weighted by Gasteiger charge is 2.25. The molecule has 1 saturated heterocycles. The molecule has 1 aliphatic rings. The normalized spacial score (nSPS) is 15.3. The van der Waals surface area contributed by atoms with Gasteiger partial charge >= 0.3 is 5.97 Å². The minimum absolute atomic E-state index is 0.0126. The molecule has 0 bridgehead atoms. The van der Waals surface area contributed by atoms with Gasteiger partial charge in [-0.3, -0.25) is 4.79 Å². The molecule has 0 spiro atoms. The number of pyridine rings is 1. The van der Waals surface area contributed by atoms with Gasteiger partial charge in [0.05, 0.1) is 12.2 Å². The fraction of sp³-hybridized carbons (Fsp3) is 0.611. The van der Waals surface area contributed by atoms with Gasteiger partial charge in [0.2, 0.25) is 5.91 Å². The van der Waals surface area contributed by atoms with Crippen LogP contribution in [0.5, 0.6) is 0 Å². The van der Waals surface area contributed by atoms with E-state index in [1.165, 1.54) is 0 Å². The second kappa shape index (κ2) is 7.64. The van der Waals surface area contributed by atoms with Gasteiger partial charge in [-0.25, -0.2) is 9.78 Å². The molecule has 6 heteroatoms. The van der Waals surface area contributed by atoms with E-state index in [2.05, 4.69) is 30.7 Å². The summed E-state index contributed by atoms with van der Waals surface area (Å²) in [6.07, 6.45) is 2.12. The number of rotatable bonds is 4. The Morgan fingerprint density at radius 1 is 1.17 bits per heavy atom. The van der Waals surface area contributed by atoms with Crippen LogP contribution in [-0.4, -0.2) is 54.5 Å². The summed E-state index contributed by atoms with van der Waals surface area (Å²) in [6, 6.07) is 3.57. The number of amides is 1. The molecule has 0 aliphatic carbocycles. The van der Waals surface area contributed by atoms with Gasteiger partial charge in [-0.15, -0.1) is 0 Å². The van der Waals surface area contributed by atoms with Crippen LogP contribution in [0.15, 0.2) is 18.3 Å². The molecule has 0 atom stereocenters. The summed E-state index contributed by atoms with van der Waals surface area (Å²) in [5.41, 5.74) is 0.471. The topological polar surface area (TPSA) is 62.7 Å². The van der Waals surface area contributed by atoms with E-state index in [1.54, 1.807) is 19.2 Å². The van der Waals surface area contributed by atoms with Gasteiger partial charge in [0.25, 0.3) is 0 Å². The van der Waals surface area contributed by atoms with E-state index in [4.69, 9.17) is 4.74 Å². The Morgan fingerprint density at radius 2 is 1.83 bits per heavy atom. The third-order valence-electron chi connectivity index (χ3n) is 3.90. The minimum atomic E-state index is -0.353. The Hall–Kier alpha value is -2.11. The van der Waals surface area contributed by atoms with Gasteiger partial charge in [-0.05, 0) is 24.5 Å². The van der Waals surface area contributed by atoms with E-state index in [0.29, 0.717) is 31.7 Å². The second-order valence-corrected chi connectivity index (χ2v) is 7.23. The zero-order chi connectivity index (χ0) is 17.7. The maximum atomic E-state index is 12.3. The number of hydrogen-bond acceptors (Lipinski definition) is 5. The highest BCUT2D eigenvalue weighted by molar-refractivity contribution is 5.89. The zero-order valence-electron chi connectivity index (χ0n) is 15.0. The lowest BCUT2D eigenvalue weighted by Gasteiger charge is -2.36. The third-order valence-corrected chi connectivity index (χ3v) is 3.90. The molecule has 132 valence electrons. The molecule has 0 saturated carbocycles. The molecule has 6 nitrogen and oxygen atoms in total. The van der Waals surface area contributed by atoms with Gasteiger partial charge in [0.15, 0.2) is 0 Å². The monoisotopic (exact) mass is 333 g/mol. The van der Waals surface area contributed by atoms with Gasteiger partial charge in [0.1, 0.15) is 5.82 Å². The van der Waals surface area contributed by atoms with Crippen LogP contribution in [0.2, 0.25) is 0 Å². The number of nitrogens with zero attached hydrogens (tertiary/aromatic N) is 3. The Labute approximate surface area is 143 Å². The maximum absolute atomic E-state index is 12.3. The van der Waals surface area contributed by atoms with E-state index in [-0.39, 0.29) is 17.3 Å².